The number of rotatable bonds is 5. The summed E-state index contributed by atoms with van der Waals surface area (Å²) in [6, 6.07) is 16.4. The number of hydrogen-bond donors (Lipinski definition) is 0. The molecule has 4 heteroatoms. The van der Waals surface area contributed by atoms with Gasteiger partial charge in [-0.1, -0.05) is 42.5 Å². The minimum atomic E-state index is -0.447. The second-order valence-electron chi connectivity index (χ2n) is 4.16. The van der Waals surface area contributed by atoms with Gasteiger partial charge in [-0.3, -0.25) is 0 Å². The molecule has 0 radical (unpaired) electrons. The number of methoxy groups -OCH3 is 2. The van der Waals surface area contributed by atoms with E-state index in [0.29, 0.717) is 17.1 Å². The average molecular weight is 284 g/mol. The monoisotopic (exact) mass is 284 g/mol. The van der Waals surface area contributed by atoms with Gasteiger partial charge in [-0.2, -0.15) is 0 Å². The Bertz CT molecular complexity index is 632. The van der Waals surface area contributed by atoms with Gasteiger partial charge in [0.1, 0.15) is 17.6 Å². The molecule has 0 amide bonds. The van der Waals surface area contributed by atoms with Crippen molar-refractivity contribution in [3.63, 3.8) is 0 Å². The molecule has 108 valence electrons. The number of para-hydroxylation sites is 1. The van der Waals surface area contributed by atoms with E-state index in [1.807, 2.05) is 30.3 Å². The second kappa shape index (κ2) is 7.14. The summed E-state index contributed by atoms with van der Waals surface area (Å²) in [6.07, 6.45) is 1.47. The van der Waals surface area contributed by atoms with Gasteiger partial charge in [0.25, 0.3) is 0 Å². The van der Waals surface area contributed by atoms with Crippen molar-refractivity contribution in [3.05, 3.63) is 72.0 Å². The lowest BCUT2D eigenvalue weighted by Crippen LogP contribution is -2.03. The van der Waals surface area contributed by atoms with Gasteiger partial charge in [0.05, 0.1) is 14.2 Å². The van der Waals surface area contributed by atoms with Crippen molar-refractivity contribution < 1.29 is 19.0 Å². The maximum absolute atomic E-state index is 11.7. The highest BCUT2D eigenvalue weighted by Gasteiger charge is 2.12. The molecule has 0 fully saturated rings. The van der Waals surface area contributed by atoms with Crippen molar-refractivity contribution in [2.24, 2.45) is 0 Å². The predicted molar refractivity (Wildman–Crippen MR) is 79.8 cm³/mol. The van der Waals surface area contributed by atoms with Gasteiger partial charge in [-0.05, 0) is 12.1 Å². The van der Waals surface area contributed by atoms with E-state index in [1.165, 1.54) is 13.4 Å². The quantitative estimate of drug-likeness (QED) is 0.622. The first-order valence-corrected chi connectivity index (χ1v) is 6.40. The normalized spacial score (nSPS) is 10.9. The van der Waals surface area contributed by atoms with Crippen LogP contribution in [0.3, 0.4) is 0 Å². The maximum Gasteiger partial charge on any atom is 0.341 e. The van der Waals surface area contributed by atoms with Crippen LogP contribution < -0.4 is 4.74 Å². The minimum absolute atomic E-state index is 0.361. The van der Waals surface area contributed by atoms with Crippen molar-refractivity contribution in [2.45, 2.75) is 0 Å². The molecule has 21 heavy (non-hydrogen) atoms. The third-order valence-corrected chi connectivity index (χ3v) is 2.86. The van der Waals surface area contributed by atoms with Crippen LogP contribution in [0.15, 0.2) is 60.9 Å². The predicted octanol–water partition coefficient (Wildman–Crippen LogP) is 3.50. The minimum Gasteiger partial charge on any atom is -0.493 e. The summed E-state index contributed by atoms with van der Waals surface area (Å²) in [4.78, 5) is 11.7. The van der Waals surface area contributed by atoms with Crippen molar-refractivity contribution in [1.29, 1.82) is 0 Å². The Hall–Kier alpha value is -2.75. The summed E-state index contributed by atoms with van der Waals surface area (Å²) in [5.74, 6) is 0.530. The van der Waals surface area contributed by atoms with E-state index in [1.54, 1.807) is 31.4 Å². The van der Waals surface area contributed by atoms with Crippen LogP contribution in [0.1, 0.15) is 15.9 Å². The van der Waals surface area contributed by atoms with E-state index in [9.17, 15) is 4.79 Å². The van der Waals surface area contributed by atoms with Crippen LogP contribution in [0.25, 0.3) is 5.76 Å². The third-order valence-electron chi connectivity index (χ3n) is 2.86. The third kappa shape index (κ3) is 3.63. The summed E-state index contributed by atoms with van der Waals surface area (Å²) >= 11 is 0. The van der Waals surface area contributed by atoms with Crippen molar-refractivity contribution in [3.8, 4) is 5.75 Å². The molecule has 0 aromatic heterocycles. The Morgan fingerprint density at radius 3 is 2.24 bits per heavy atom. The highest BCUT2D eigenvalue weighted by molar-refractivity contribution is 5.92. The zero-order valence-electron chi connectivity index (χ0n) is 11.9. The van der Waals surface area contributed by atoms with E-state index >= 15 is 0 Å². The first kappa shape index (κ1) is 14.7. The first-order valence-electron chi connectivity index (χ1n) is 6.40. The van der Waals surface area contributed by atoms with Crippen molar-refractivity contribution in [2.75, 3.05) is 14.2 Å². The molecule has 0 N–H and O–H groups in total. The molecule has 0 aliphatic rings. The molecule has 0 bridgehead atoms. The number of carbonyl (C=O) groups excluding carboxylic acids is 1. The van der Waals surface area contributed by atoms with Gasteiger partial charge in [0.2, 0.25) is 0 Å². The Kier molecular flexibility index (Phi) is 4.99. The van der Waals surface area contributed by atoms with Crippen LogP contribution in [0.2, 0.25) is 0 Å². The van der Waals surface area contributed by atoms with Crippen LogP contribution >= 0.6 is 0 Å². The maximum atomic E-state index is 11.7. The van der Waals surface area contributed by atoms with Crippen LogP contribution in [0.5, 0.6) is 5.75 Å². The number of hydrogen-bond acceptors (Lipinski definition) is 4. The fourth-order valence-electron chi connectivity index (χ4n) is 1.80. The summed E-state index contributed by atoms with van der Waals surface area (Å²) in [7, 11) is 2.90. The summed E-state index contributed by atoms with van der Waals surface area (Å²) < 4.78 is 15.6. The number of ether oxygens (including phenoxy) is 3. The van der Waals surface area contributed by atoms with Crippen molar-refractivity contribution >= 4 is 11.7 Å². The Labute approximate surface area is 123 Å². The van der Waals surface area contributed by atoms with Gasteiger partial charge in [-0.25, -0.2) is 4.79 Å². The lowest BCUT2D eigenvalue weighted by atomic mass is 10.2. The highest BCUT2D eigenvalue weighted by atomic mass is 16.5. The molecule has 4 nitrogen and oxygen atoms in total. The lowest BCUT2D eigenvalue weighted by Gasteiger charge is -2.09. The summed E-state index contributed by atoms with van der Waals surface area (Å²) in [6.45, 7) is 0. The van der Waals surface area contributed by atoms with Crippen molar-refractivity contribution in [1.82, 2.24) is 0 Å². The standard InChI is InChI=1S/C17H16O4/c1-19-16(13-8-4-3-5-9-13)12-21-15-11-7-6-10-14(15)17(18)20-2/h3-12H,1-2H3/b16-12-. The average Bonchev–Trinajstić information content (AvgIpc) is 2.56. The molecule has 0 spiro atoms. The van der Waals surface area contributed by atoms with E-state index in [-0.39, 0.29) is 0 Å². The molecule has 2 rings (SSSR count). The second-order valence-corrected chi connectivity index (χ2v) is 4.16. The summed E-state index contributed by atoms with van der Waals surface area (Å²) in [5, 5.41) is 0. The zero-order valence-corrected chi connectivity index (χ0v) is 11.9. The molecule has 0 atom stereocenters. The first-order chi connectivity index (χ1) is 10.3. The summed E-state index contributed by atoms with van der Waals surface area (Å²) in [5.41, 5.74) is 1.25. The molecule has 2 aromatic rings. The lowest BCUT2D eigenvalue weighted by molar-refractivity contribution is 0.0598. The van der Waals surface area contributed by atoms with Crippen LogP contribution in [-0.2, 0) is 9.47 Å². The molecular weight excluding hydrogens is 268 g/mol. The van der Waals surface area contributed by atoms with Gasteiger partial charge in [0, 0.05) is 5.56 Å². The Balaban J connectivity index is 2.26. The smallest absolute Gasteiger partial charge is 0.341 e. The Morgan fingerprint density at radius 1 is 0.905 bits per heavy atom. The van der Waals surface area contributed by atoms with E-state index in [4.69, 9.17) is 14.2 Å². The molecule has 0 saturated carbocycles. The molecule has 2 aromatic carbocycles. The van der Waals surface area contributed by atoms with Crippen LogP contribution in [0, 0.1) is 0 Å². The number of benzene rings is 2. The van der Waals surface area contributed by atoms with Crippen LogP contribution in [0.4, 0.5) is 0 Å². The molecule has 0 aliphatic carbocycles. The van der Waals surface area contributed by atoms with Crippen LogP contribution in [-0.4, -0.2) is 20.2 Å². The van der Waals surface area contributed by atoms with Gasteiger partial charge < -0.3 is 14.2 Å². The van der Waals surface area contributed by atoms with E-state index in [0.717, 1.165) is 5.56 Å². The fourth-order valence-corrected chi connectivity index (χ4v) is 1.80. The van der Waals surface area contributed by atoms with E-state index < -0.39 is 5.97 Å². The zero-order chi connectivity index (χ0) is 15.1. The van der Waals surface area contributed by atoms with Gasteiger partial charge >= 0.3 is 5.97 Å². The molecule has 0 aliphatic heterocycles. The molecular formula is C17H16O4. The fraction of sp³-hybridized carbons (Fsp3) is 0.118. The molecule has 0 saturated heterocycles. The number of esters is 1. The highest BCUT2D eigenvalue weighted by Crippen LogP contribution is 2.21. The molecule has 0 unspecified atom stereocenters. The topological polar surface area (TPSA) is 44.8 Å². The SMILES string of the molecule is COC(=O)c1ccccc1O/C=C(\OC)c1ccccc1. The number of carbonyl (C=O) groups is 1. The molecule has 0 heterocycles. The van der Waals surface area contributed by atoms with Gasteiger partial charge in [0.15, 0.2) is 5.76 Å². The largest absolute Gasteiger partial charge is 0.493 e. The van der Waals surface area contributed by atoms with E-state index in [2.05, 4.69) is 0 Å². The van der Waals surface area contributed by atoms with Gasteiger partial charge in [-0.15, -0.1) is 0 Å². The Morgan fingerprint density at radius 2 is 1.57 bits per heavy atom.